The van der Waals surface area contributed by atoms with Crippen LogP contribution in [-0.2, 0) is 20.9 Å². The number of carbonyl (C=O) groups is 3. The molecule has 2 atom stereocenters. The van der Waals surface area contributed by atoms with Crippen molar-refractivity contribution in [2.75, 3.05) is 12.0 Å². The van der Waals surface area contributed by atoms with Gasteiger partial charge in [-0.3, -0.25) is 4.79 Å². The van der Waals surface area contributed by atoms with Crippen molar-refractivity contribution >= 4 is 29.7 Å². The number of aliphatic carboxylic acids is 1. The van der Waals surface area contributed by atoms with E-state index in [4.69, 9.17) is 4.74 Å². The number of thioether (sulfide) groups is 1. The van der Waals surface area contributed by atoms with Crippen LogP contribution in [0, 0.1) is 5.92 Å². The van der Waals surface area contributed by atoms with Crippen molar-refractivity contribution in [1.29, 1.82) is 0 Å². The second-order valence-electron chi connectivity index (χ2n) is 6.11. The van der Waals surface area contributed by atoms with Gasteiger partial charge in [-0.15, -0.1) is 0 Å². The summed E-state index contributed by atoms with van der Waals surface area (Å²) in [6.07, 6.45) is 1.45. The third kappa shape index (κ3) is 7.77. The summed E-state index contributed by atoms with van der Waals surface area (Å²) in [6.45, 7) is 3.61. The lowest BCUT2D eigenvalue weighted by Gasteiger charge is -2.23. The topological polar surface area (TPSA) is 105 Å². The van der Waals surface area contributed by atoms with E-state index in [2.05, 4.69) is 10.6 Å². The third-order valence-electron chi connectivity index (χ3n) is 3.66. The summed E-state index contributed by atoms with van der Waals surface area (Å²) in [5.41, 5.74) is 0.830. The molecule has 0 saturated carbocycles. The molecule has 8 heteroatoms. The van der Waals surface area contributed by atoms with Crippen molar-refractivity contribution in [3.8, 4) is 0 Å². The molecular weight excluding hydrogens is 356 g/mol. The zero-order valence-electron chi connectivity index (χ0n) is 15.2. The predicted molar refractivity (Wildman–Crippen MR) is 101 cm³/mol. The van der Waals surface area contributed by atoms with Gasteiger partial charge in [0.25, 0.3) is 0 Å². The highest BCUT2D eigenvalue weighted by atomic mass is 32.2. The van der Waals surface area contributed by atoms with Crippen molar-refractivity contribution in [2.45, 2.75) is 39.0 Å². The highest BCUT2D eigenvalue weighted by molar-refractivity contribution is 7.98. The van der Waals surface area contributed by atoms with E-state index in [1.807, 2.05) is 36.6 Å². The second kappa shape index (κ2) is 11.4. The van der Waals surface area contributed by atoms with Crippen LogP contribution in [0.5, 0.6) is 0 Å². The Morgan fingerprint density at radius 2 is 1.81 bits per heavy atom. The first-order valence-corrected chi connectivity index (χ1v) is 9.73. The Bertz CT molecular complexity index is 595. The van der Waals surface area contributed by atoms with Gasteiger partial charge in [0.2, 0.25) is 5.91 Å². The van der Waals surface area contributed by atoms with Crippen LogP contribution in [0.15, 0.2) is 30.3 Å². The molecule has 0 aromatic heterocycles. The summed E-state index contributed by atoms with van der Waals surface area (Å²) in [7, 11) is 0. The zero-order valence-corrected chi connectivity index (χ0v) is 16.0. The van der Waals surface area contributed by atoms with E-state index < -0.39 is 30.1 Å². The van der Waals surface area contributed by atoms with Gasteiger partial charge < -0.3 is 20.5 Å². The summed E-state index contributed by atoms with van der Waals surface area (Å²) in [5, 5.41) is 14.2. The number of benzene rings is 1. The third-order valence-corrected chi connectivity index (χ3v) is 4.30. The molecule has 0 spiro atoms. The molecule has 0 aliphatic rings. The van der Waals surface area contributed by atoms with E-state index in [-0.39, 0.29) is 12.5 Å². The highest BCUT2D eigenvalue weighted by Gasteiger charge is 2.28. The van der Waals surface area contributed by atoms with Crippen LogP contribution < -0.4 is 10.6 Å². The standard InChI is InChI=1S/C18H26N2O5S/c1-12(2)15(16(21)19-14(17(22)23)9-10-26-3)20-18(24)25-11-13-7-5-4-6-8-13/h4-8,12,14-15H,9-11H2,1-3H3,(H,19,21)(H,20,24)(H,22,23)/t14-,15+/m1/s1. The van der Waals surface area contributed by atoms with Crippen LogP contribution in [0.25, 0.3) is 0 Å². The lowest BCUT2D eigenvalue weighted by molar-refractivity contribution is -0.142. The average Bonchev–Trinajstić information content (AvgIpc) is 2.61. The van der Waals surface area contributed by atoms with Gasteiger partial charge >= 0.3 is 12.1 Å². The van der Waals surface area contributed by atoms with Crippen molar-refractivity contribution in [1.82, 2.24) is 10.6 Å². The van der Waals surface area contributed by atoms with E-state index in [0.717, 1.165) is 5.56 Å². The molecule has 0 unspecified atom stereocenters. The van der Waals surface area contributed by atoms with Gasteiger partial charge in [-0.05, 0) is 29.9 Å². The maximum Gasteiger partial charge on any atom is 0.408 e. The van der Waals surface area contributed by atoms with Crippen LogP contribution >= 0.6 is 11.8 Å². The monoisotopic (exact) mass is 382 g/mol. The normalized spacial score (nSPS) is 12.9. The van der Waals surface area contributed by atoms with E-state index in [1.54, 1.807) is 13.8 Å². The Morgan fingerprint density at radius 3 is 2.35 bits per heavy atom. The van der Waals surface area contributed by atoms with Crippen LogP contribution in [0.2, 0.25) is 0 Å². The predicted octanol–water partition coefficient (Wildman–Crippen LogP) is 2.26. The highest BCUT2D eigenvalue weighted by Crippen LogP contribution is 2.07. The molecule has 144 valence electrons. The van der Waals surface area contributed by atoms with E-state index in [1.165, 1.54) is 11.8 Å². The van der Waals surface area contributed by atoms with Gasteiger partial charge in [0, 0.05) is 0 Å². The van der Waals surface area contributed by atoms with Gasteiger partial charge in [-0.1, -0.05) is 44.2 Å². The van der Waals surface area contributed by atoms with Gasteiger partial charge in [-0.25, -0.2) is 9.59 Å². The fourth-order valence-electron chi connectivity index (χ4n) is 2.18. The molecule has 0 heterocycles. The number of carboxylic acids is 1. The SMILES string of the molecule is CSCC[C@@H](NC(=O)[C@@H](NC(=O)OCc1ccccc1)C(C)C)C(=O)O. The summed E-state index contributed by atoms with van der Waals surface area (Å²) < 4.78 is 5.13. The lowest BCUT2D eigenvalue weighted by Crippen LogP contribution is -2.53. The molecule has 0 aliphatic heterocycles. The summed E-state index contributed by atoms with van der Waals surface area (Å²) >= 11 is 1.50. The summed E-state index contributed by atoms with van der Waals surface area (Å²) in [6, 6.07) is 7.31. The van der Waals surface area contributed by atoms with Crippen molar-refractivity contribution in [3.05, 3.63) is 35.9 Å². The number of nitrogens with one attached hydrogen (secondary N) is 2. The van der Waals surface area contributed by atoms with Crippen LogP contribution in [-0.4, -0.2) is 47.2 Å². The molecule has 1 aromatic rings. The Labute approximate surface area is 157 Å². The number of carbonyl (C=O) groups excluding carboxylic acids is 2. The average molecular weight is 382 g/mol. The quantitative estimate of drug-likeness (QED) is 0.573. The number of carboxylic acid groups (broad SMARTS) is 1. The number of hydrogen-bond acceptors (Lipinski definition) is 5. The number of hydrogen-bond donors (Lipinski definition) is 3. The Balaban J connectivity index is 2.61. The number of ether oxygens (including phenoxy) is 1. The molecule has 1 aromatic carbocycles. The molecule has 1 rings (SSSR count). The molecule has 26 heavy (non-hydrogen) atoms. The fraction of sp³-hybridized carbons (Fsp3) is 0.500. The van der Waals surface area contributed by atoms with Crippen molar-refractivity contribution < 1.29 is 24.2 Å². The first kappa shape index (κ1) is 21.8. The minimum atomic E-state index is -1.10. The van der Waals surface area contributed by atoms with Crippen LogP contribution in [0.1, 0.15) is 25.8 Å². The minimum absolute atomic E-state index is 0.0879. The van der Waals surface area contributed by atoms with E-state index in [9.17, 15) is 19.5 Å². The molecule has 0 saturated heterocycles. The smallest absolute Gasteiger partial charge is 0.408 e. The Morgan fingerprint density at radius 1 is 1.15 bits per heavy atom. The lowest BCUT2D eigenvalue weighted by atomic mass is 10.0. The first-order chi connectivity index (χ1) is 12.3. The number of alkyl carbamates (subject to hydrolysis) is 1. The van der Waals surface area contributed by atoms with E-state index >= 15 is 0 Å². The van der Waals surface area contributed by atoms with Crippen molar-refractivity contribution in [2.24, 2.45) is 5.92 Å². The second-order valence-corrected chi connectivity index (χ2v) is 7.09. The van der Waals surface area contributed by atoms with Gasteiger partial charge in [0.05, 0.1) is 0 Å². The number of amides is 2. The van der Waals surface area contributed by atoms with Gasteiger partial charge in [-0.2, -0.15) is 11.8 Å². The molecule has 2 amide bonds. The molecule has 3 N–H and O–H groups in total. The Kier molecular flexibility index (Phi) is 9.57. The maximum absolute atomic E-state index is 12.4. The van der Waals surface area contributed by atoms with Crippen LogP contribution in [0.4, 0.5) is 4.79 Å². The molecule has 7 nitrogen and oxygen atoms in total. The van der Waals surface area contributed by atoms with Crippen molar-refractivity contribution in [3.63, 3.8) is 0 Å². The maximum atomic E-state index is 12.4. The first-order valence-electron chi connectivity index (χ1n) is 8.34. The van der Waals surface area contributed by atoms with Gasteiger partial charge in [0.1, 0.15) is 18.7 Å². The minimum Gasteiger partial charge on any atom is -0.480 e. The van der Waals surface area contributed by atoms with Gasteiger partial charge in [0.15, 0.2) is 0 Å². The van der Waals surface area contributed by atoms with E-state index in [0.29, 0.717) is 12.2 Å². The molecule has 0 aliphatic carbocycles. The molecule has 0 radical (unpaired) electrons. The largest absolute Gasteiger partial charge is 0.480 e. The summed E-state index contributed by atoms with van der Waals surface area (Å²) in [5.74, 6) is -1.25. The Hall–Kier alpha value is -2.22. The summed E-state index contributed by atoms with van der Waals surface area (Å²) in [4.78, 5) is 35.7. The molecule has 0 fully saturated rings. The fourth-order valence-corrected chi connectivity index (χ4v) is 2.65. The number of rotatable bonds is 10. The van der Waals surface area contributed by atoms with Crippen LogP contribution in [0.3, 0.4) is 0 Å². The zero-order chi connectivity index (χ0) is 19.5. The molecule has 0 bridgehead atoms. The molecular formula is C18H26N2O5S.